The van der Waals surface area contributed by atoms with Crippen molar-refractivity contribution in [2.45, 2.75) is 86.0 Å². The van der Waals surface area contributed by atoms with Crippen LogP contribution in [0.1, 0.15) is 82.4 Å². The number of nitrogens with one attached hydrogen (secondary N) is 1. The zero-order chi connectivity index (χ0) is 28.3. The van der Waals surface area contributed by atoms with Crippen molar-refractivity contribution in [1.29, 1.82) is 0 Å². The topological polar surface area (TPSA) is 105 Å². The summed E-state index contributed by atoms with van der Waals surface area (Å²) in [5.74, 6) is 6.51. The minimum Gasteiger partial charge on any atom is -0.438 e. The zero-order valence-corrected chi connectivity index (χ0v) is 25.1. The van der Waals surface area contributed by atoms with Gasteiger partial charge in [-0.2, -0.15) is 0 Å². The lowest BCUT2D eigenvalue weighted by molar-refractivity contribution is -0.102. The molecule has 0 bridgehead atoms. The van der Waals surface area contributed by atoms with E-state index in [9.17, 15) is 14.7 Å². The Hall–Kier alpha value is -2.77. The van der Waals surface area contributed by atoms with Gasteiger partial charge in [0.25, 0.3) is 0 Å². The van der Waals surface area contributed by atoms with Crippen molar-refractivity contribution in [2.75, 3.05) is 6.54 Å². The molecular formula is C31H38IN3O4. The standard InChI is InChI=1S/C31H38IN3O4/c1-28(2,38)22-31(25-10-6-4-7-11-25)20-21-35(27(37)39-31)29(3,32)24-14-12-23(13-15-24)16-19-30(34-26(33)36)17-8-5-9-18-30/h4,6-7,10-15,38H,5,8-9,17-18,20-22H2,1-3H3,(H3,33,34,36)/t29-,31?/m1/s1. The summed E-state index contributed by atoms with van der Waals surface area (Å²) < 4.78 is 5.53. The van der Waals surface area contributed by atoms with Crippen LogP contribution in [0.25, 0.3) is 0 Å². The summed E-state index contributed by atoms with van der Waals surface area (Å²) in [5.41, 5.74) is 5.62. The van der Waals surface area contributed by atoms with Gasteiger partial charge < -0.3 is 20.9 Å². The van der Waals surface area contributed by atoms with Crippen molar-refractivity contribution < 1.29 is 19.4 Å². The molecule has 2 aromatic rings. The Morgan fingerprint density at radius 1 is 1.08 bits per heavy atom. The second kappa shape index (κ2) is 11.4. The van der Waals surface area contributed by atoms with E-state index in [2.05, 4.69) is 39.7 Å². The van der Waals surface area contributed by atoms with Crippen molar-refractivity contribution in [2.24, 2.45) is 5.73 Å². The summed E-state index contributed by atoms with van der Waals surface area (Å²) in [6.07, 6.45) is 5.19. The summed E-state index contributed by atoms with van der Waals surface area (Å²) in [7, 11) is 0. The van der Waals surface area contributed by atoms with Crippen LogP contribution in [0.2, 0.25) is 0 Å². The normalized spacial score (nSPS) is 22.6. The summed E-state index contributed by atoms with van der Waals surface area (Å²) in [4.78, 5) is 26.8. The fourth-order valence-electron chi connectivity index (χ4n) is 5.79. The van der Waals surface area contributed by atoms with Gasteiger partial charge in [-0.1, -0.05) is 73.6 Å². The van der Waals surface area contributed by atoms with Crippen molar-refractivity contribution >= 4 is 34.7 Å². The van der Waals surface area contributed by atoms with Gasteiger partial charge in [-0.25, -0.2) is 9.59 Å². The molecule has 2 atom stereocenters. The zero-order valence-electron chi connectivity index (χ0n) is 22.9. The molecule has 1 aliphatic heterocycles. The number of nitrogens with zero attached hydrogens (tertiary/aromatic N) is 1. The smallest absolute Gasteiger partial charge is 0.412 e. The molecule has 7 nitrogen and oxygen atoms in total. The Morgan fingerprint density at radius 3 is 2.28 bits per heavy atom. The van der Waals surface area contributed by atoms with E-state index in [1.807, 2.05) is 61.5 Å². The fourth-order valence-corrected chi connectivity index (χ4v) is 6.58. The number of carbonyl (C=O) groups is 2. The third-order valence-corrected chi connectivity index (χ3v) is 8.90. The van der Waals surface area contributed by atoms with E-state index in [4.69, 9.17) is 10.5 Å². The summed E-state index contributed by atoms with van der Waals surface area (Å²) in [5, 5.41) is 13.5. The number of aliphatic hydroxyl groups is 1. The van der Waals surface area contributed by atoms with Crippen LogP contribution >= 0.6 is 22.6 Å². The number of hydrogen-bond donors (Lipinski definition) is 3. The predicted octanol–water partition coefficient (Wildman–Crippen LogP) is 5.92. The average molecular weight is 644 g/mol. The number of urea groups is 1. The van der Waals surface area contributed by atoms with Crippen LogP contribution in [-0.4, -0.2) is 39.8 Å². The molecule has 2 aliphatic rings. The van der Waals surface area contributed by atoms with Gasteiger partial charge in [-0.15, -0.1) is 0 Å². The number of carbonyl (C=O) groups excluding carboxylic acids is 2. The molecule has 3 amide bonds. The monoisotopic (exact) mass is 643 g/mol. The molecule has 4 rings (SSSR count). The molecule has 0 aromatic heterocycles. The van der Waals surface area contributed by atoms with E-state index < -0.39 is 32.4 Å². The number of benzene rings is 2. The molecule has 208 valence electrons. The lowest BCUT2D eigenvalue weighted by Gasteiger charge is -2.47. The number of halogens is 1. The van der Waals surface area contributed by atoms with Crippen LogP contribution in [0.5, 0.6) is 0 Å². The van der Waals surface area contributed by atoms with Gasteiger partial charge in [-0.3, -0.25) is 4.90 Å². The van der Waals surface area contributed by atoms with Crippen LogP contribution in [0.4, 0.5) is 9.59 Å². The maximum Gasteiger partial charge on any atom is 0.412 e. The number of ether oxygens (including phenoxy) is 1. The Morgan fingerprint density at radius 2 is 1.72 bits per heavy atom. The van der Waals surface area contributed by atoms with E-state index in [-0.39, 0.29) is 0 Å². The lowest BCUT2D eigenvalue weighted by atomic mass is 9.80. The Balaban J connectivity index is 1.53. The molecule has 4 N–H and O–H groups in total. The van der Waals surface area contributed by atoms with Gasteiger partial charge in [-0.05, 0) is 79.5 Å². The number of rotatable bonds is 6. The first-order chi connectivity index (χ1) is 18.3. The van der Waals surface area contributed by atoms with Gasteiger partial charge in [0.2, 0.25) is 0 Å². The Kier molecular flexibility index (Phi) is 8.52. The van der Waals surface area contributed by atoms with Crippen LogP contribution in [-0.2, 0) is 13.9 Å². The van der Waals surface area contributed by atoms with Crippen LogP contribution in [0.3, 0.4) is 0 Å². The number of amides is 3. The van der Waals surface area contributed by atoms with Crippen molar-refractivity contribution in [3.63, 3.8) is 0 Å². The van der Waals surface area contributed by atoms with Crippen molar-refractivity contribution in [3.05, 3.63) is 71.3 Å². The number of alkyl halides is 1. The van der Waals surface area contributed by atoms with E-state index in [1.54, 1.807) is 18.7 Å². The molecule has 1 saturated carbocycles. The fraction of sp³-hybridized carbons (Fsp3) is 0.484. The van der Waals surface area contributed by atoms with E-state index in [0.29, 0.717) is 19.4 Å². The van der Waals surface area contributed by atoms with E-state index >= 15 is 0 Å². The van der Waals surface area contributed by atoms with Crippen molar-refractivity contribution in [1.82, 2.24) is 10.2 Å². The minimum atomic E-state index is -1.01. The van der Waals surface area contributed by atoms with Gasteiger partial charge in [0, 0.05) is 24.9 Å². The molecule has 39 heavy (non-hydrogen) atoms. The number of cyclic esters (lactones) is 1. The maximum absolute atomic E-state index is 13.5. The van der Waals surface area contributed by atoms with Gasteiger partial charge in [0.15, 0.2) is 0 Å². The van der Waals surface area contributed by atoms with Gasteiger partial charge in [0.1, 0.15) is 14.7 Å². The molecule has 1 unspecified atom stereocenters. The lowest BCUT2D eigenvalue weighted by Crippen LogP contribution is -2.54. The predicted molar refractivity (Wildman–Crippen MR) is 160 cm³/mol. The number of nitrogens with two attached hydrogens (primary N) is 1. The summed E-state index contributed by atoms with van der Waals surface area (Å²) in [6.45, 7) is 5.95. The highest BCUT2D eigenvalue weighted by molar-refractivity contribution is 14.1. The number of primary amides is 1. The first kappa shape index (κ1) is 29.2. The highest BCUT2D eigenvalue weighted by atomic mass is 127. The molecule has 2 fully saturated rings. The Labute approximate surface area is 245 Å². The summed E-state index contributed by atoms with van der Waals surface area (Å²) >= 11 is 2.29. The maximum atomic E-state index is 13.5. The highest BCUT2D eigenvalue weighted by Crippen LogP contribution is 2.45. The molecular weight excluding hydrogens is 605 g/mol. The minimum absolute atomic E-state index is 0.307. The third kappa shape index (κ3) is 6.87. The second-order valence-corrected chi connectivity index (χ2v) is 13.6. The first-order valence-electron chi connectivity index (χ1n) is 13.5. The molecule has 1 saturated heterocycles. The molecule has 0 radical (unpaired) electrons. The molecule has 1 heterocycles. The average Bonchev–Trinajstić information content (AvgIpc) is 2.87. The molecule has 0 spiro atoms. The molecule has 1 aliphatic carbocycles. The third-order valence-electron chi connectivity index (χ3n) is 7.69. The quantitative estimate of drug-likeness (QED) is 0.158. The first-order valence-corrected chi connectivity index (χ1v) is 14.6. The van der Waals surface area contributed by atoms with Crippen LogP contribution in [0.15, 0.2) is 54.6 Å². The van der Waals surface area contributed by atoms with Crippen molar-refractivity contribution in [3.8, 4) is 11.8 Å². The highest BCUT2D eigenvalue weighted by Gasteiger charge is 2.49. The number of hydrogen-bond acceptors (Lipinski definition) is 4. The largest absolute Gasteiger partial charge is 0.438 e. The van der Waals surface area contributed by atoms with Gasteiger partial charge in [0.05, 0.1) is 5.60 Å². The SMILES string of the molecule is CC(C)(O)CC1(c2ccccc2)CCN([C@@](C)(I)c2ccc(C#CC3(NC(N)=O)CCCCC3)cc2)C(=O)O1. The Bertz CT molecular complexity index is 1240. The summed E-state index contributed by atoms with van der Waals surface area (Å²) in [6, 6.07) is 17.0. The van der Waals surface area contributed by atoms with E-state index in [0.717, 1.165) is 48.8 Å². The van der Waals surface area contributed by atoms with Gasteiger partial charge >= 0.3 is 12.1 Å². The molecule has 8 heteroatoms. The van der Waals surface area contributed by atoms with E-state index in [1.165, 1.54) is 0 Å². The molecule has 2 aromatic carbocycles. The second-order valence-electron chi connectivity index (χ2n) is 11.5. The van der Waals surface area contributed by atoms with Crippen LogP contribution in [0, 0.1) is 11.8 Å². The van der Waals surface area contributed by atoms with Crippen LogP contribution < -0.4 is 11.1 Å².